The Morgan fingerprint density at radius 1 is 1.00 bits per heavy atom. The lowest BCUT2D eigenvalue weighted by molar-refractivity contribution is -0.132. The Hall–Kier alpha value is -3.13. The molecule has 174 valence electrons. The molecule has 1 aliphatic rings. The molecule has 2 heterocycles. The van der Waals surface area contributed by atoms with Crippen LogP contribution in [0.2, 0.25) is 0 Å². The molecule has 1 fully saturated rings. The molecule has 0 unspecified atom stereocenters. The Bertz CT molecular complexity index is 1300. The maximum Gasteiger partial charge on any atom is 0.242 e. The van der Waals surface area contributed by atoms with Gasteiger partial charge < -0.3 is 14.8 Å². The van der Waals surface area contributed by atoms with Crippen LogP contribution in [0.3, 0.4) is 0 Å². The summed E-state index contributed by atoms with van der Waals surface area (Å²) in [5.41, 5.74) is 3.10. The van der Waals surface area contributed by atoms with Crippen molar-refractivity contribution < 1.29 is 18.0 Å². The van der Waals surface area contributed by atoms with Gasteiger partial charge in [0.1, 0.15) is 12.3 Å². The SMILES string of the molecule is Cc1ccc(C)c(NC(=O)CS(=O)(=O)c2cn(CC(=O)N3CCCCC3)c3ccccc23)c1. The lowest BCUT2D eigenvalue weighted by atomic mass is 10.1. The molecule has 0 spiro atoms. The van der Waals surface area contributed by atoms with Crippen molar-refractivity contribution in [1.29, 1.82) is 0 Å². The molecule has 0 radical (unpaired) electrons. The van der Waals surface area contributed by atoms with E-state index in [0.29, 0.717) is 16.6 Å². The zero-order valence-electron chi connectivity index (χ0n) is 19.0. The second kappa shape index (κ2) is 9.39. The molecule has 0 aliphatic carbocycles. The maximum absolute atomic E-state index is 13.2. The zero-order valence-corrected chi connectivity index (χ0v) is 19.8. The van der Waals surface area contributed by atoms with Crippen molar-refractivity contribution in [1.82, 2.24) is 9.47 Å². The van der Waals surface area contributed by atoms with Crippen molar-refractivity contribution in [2.75, 3.05) is 24.2 Å². The molecule has 3 aromatic rings. The molecular weight excluding hydrogens is 438 g/mol. The Kier molecular flexibility index (Phi) is 6.56. The first-order chi connectivity index (χ1) is 15.7. The summed E-state index contributed by atoms with van der Waals surface area (Å²) in [6, 6.07) is 12.7. The fourth-order valence-corrected chi connectivity index (χ4v) is 5.66. The van der Waals surface area contributed by atoms with E-state index in [1.54, 1.807) is 22.8 Å². The number of nitrogens with one attached hydrogen (secondary N) is 1. The number of aromatic nitrogens is 1. The van der Waals surface area contributed by atoms with Crippen LogP contribution in [0.15, 0.2) is 53.6 Å². The van der Waals surface area contributed by atoms with Crippen LogP contribution in [-0.4, -0.2) is 48.5 Å². The van der Waals surface area contributed by atoms with Gasteiger partial charge in [0.25, 0.3) is 0 Å². The third-order valence-electron chi connectivity index (χ3n) is 6.09. The molecule has 1 aromatic heterocycles. The average Bonchev–Trinajstić information content (AvgIpc) is 3.16. The van der Waals surface area contributed by atoms with Crippen molar-refractivity contribution in [3.63, 3.8) is 0 Å². The number of para-hydroxylation sites is 1. The molecule has 7 nitrogen and oxygen atoms in total. The third-order valence-corrected chi connectivity index (χ3v) is 7.73. The molecule has 1 saturated heterocycles. The zero-order chi connectivity index (χ0) is 23.6. The van der Waals surface area contributed by atoms with E-state index in [0.717, 1.165) is 43.5 Å². The smallest absolute Gasteiger partial charge is 0.242 e. The van der Waals surface area contributed by atoms with Crippen molar-refractivity contribution in [3.8, 4) is 0 Å². The average molecular weight is 468 g/mol. The number of sulfone groups is 1. The molecule has 8 heteroatoms. The predicted octanol–water partition coefficient (Wildman–Crippen LogP) is 3.68. The Morgan fingerprint density at radius 3 is 2.48 bits per heavy atom. The van der Waals surface area contributed by atoms with Crippen LogP contribution in [0.1, 0.15) is 30.4 Å². The topological polar surface area (TPSA) is 88.5 Å². The quantitative estimate of drug-likeness (QED) is 0.599. The largest absolute Gasteiger partial charge is 0.341 e. The Labute approximate surface area is 194 Å². The highest BCUT2D eigenvalue weighted by molar-refractivity contribution is 7.92. The van der Waals surface area contributed by atoms with Crippen LogP contribution in [0.25, 0.3) is 10.9 Å². The third kappa shape index (κ3) is 5.11. The van der Waals surface area contributed by atoms with Crippen molar-refractivity contribution in [2.45, 2.75) is 44.6 Å². The van der Waals surface area contributed by atoms with E-state index < -0.39 is 21.5 Å². The normalized spacial score (nSPS) is 14.4. The summed E-state index contributed by atoms with van der Waals surface area (Å²) >= 11 is 0. The van der Waals surface area contributed by atoms with E-state index in [1.807, 2.05) is 43.0 Å². The first-order valence-electron chi connectivity index (χ1n) is 11.2. The highest BCUT2D eigenvalue weighted by Crippen LogP contribution is 2.27. The molecule has 1 N–H and O–H groups in total. The number of carbonyl (C=O) groups excluding carboxylic acids is 2. The first kappa shape index (κ1) is 23.0. The number of hydrogen-bond acceptors (Lipinski definition) is 4. The number of aryl methyl sites for hydroxylation is 2. The summed E-state index contributed by atoms with van der Waals surface area (Å²) in [7, 11) is -3.93. The lowest BCUT2D eigenvalue weighted by Crippen LogP contribution is -2.37. The van der Waals surface area contributed by atoms with Gasteiger partial charge in [-0.2, -0.15) is 0 Å². The maximum atomic E-state index is 13.2. The van der Waals surface area contributed by atoms with Gasteiger partial charge in [-0.3, -0.25) is 9.59 Å². The molecule has 1 aliphatic heterocycles. The number of rotatable bonds is 6. The summed E-state index contributed by atoms with van der Waals surface area (Å²) in [6.07, 6.45) is 4.61. The number of piperidine rings is 1. The van der Waals surface area contributed by atoms with E-state index in [4.69, 9.17) is 0 Å². The monoisotopic (exact) mass is 467 g/mol. The van der Waals surface area contributed by atoms with Crippen molar-refractivity contribution in [3.05, 3.63) is 59.8 Å². The Balaban J connectivity index is 1.58. The van der Waals surface area contributed by atoms with Crippen LogP contribution < -0.4 is 5.32 Å². The summed E-state index contributed by atoms with van der Waals surface area (Å²) in [4.78, 5) is 27.3. The number of anilines is 1. The number of amides is 2. The number of benzene rings is 2. The van der Waals surface area contributed by atoms with Crippen molar-refractivity contribution in [2.24, 2.45) is 0 Å². The van der Waals surface area contributed by atoms with E-state index >= 15 is 0 Å². The minimum absolute atomic E-state index is 0.0212. The minimum atomic E-state index is -3.93. The second-order valence-electron chi connectivity index (χ2n) is 8.71. The van der Waals surface area contributed by atoms with E-state index in [1.165, 1.54) is 6.20 Å². The molecular formula is C25H29N3O4S. The molecule has 2 aromatic carbocycles. The number of nitrogens with zero attached hydrogens (tertiary/aromatic N) is 2. The molecule has 0 atom stereocenters. The molecule has 2 amide bonds. The van der Waals surface area contributed by atoms with Crippen LogP contribution >= 0.6 is 0 Å². The van der Waals surface area contributed by atoms with Crippen LogP contribution in [0, 0.1) is 13.8 Å². The van der Waals surface area contributed by atoms with E-state index in [2.05, 4.69) is 5.32 Å². The van der Waals surface area contributed by atoms with Gasteiger partial charge in [-0.1, -0.05) is 30.3 Å². The van der Waals surface area contributed by atoms with Gasteiger partial charge in [0, 0.05) is 35.9 Å². The van der Waals surface area contributed by atoms with Crippen LogP contribution in [0.5, 0.6) is 0 Å². The number of carbonyl (C=O) groups is 2. The molecule has 33 heavy (non-hydrogen) atoms. The lowest BCUT2D eigenvalue weighted by Gasteiger charge is -2.27. The van der Waals surface area contributed by atoms with Crippen molar-refractivity contribution >= 4 is 38.2 Å². The Morgan fingerprint density at radius 2 is 1.73 bits per heavy atom. The van der Waals surface area contributed by atoms with Gasteiger partial charge in [-0.15, -0.1) is 0 Å². The summed E-state index contributed by atoms with van der Waals surface area (Å²) in [5.74, 6) is -1.29. The standard InChI is InChI=1S/C25H29N3O4S/c1-18-10-11-19(2)21(14-18)26-24(29)17-33(31,32)23-15-28(22-9-5-4-8-20(22)23)16-25(30)27-12-6-3-7-13-27/h4-5,8-11,14-15H,3,6-7,12-13,16-17H2,1-2H3,(H,26,29). The van der Waals surface area contributed by atoms with Gasteiger partial charge in [0.15, 0.2) is 9.84 Å². The first-order valence-corrected chi connectivity index (χ1v) is 12.9. The fraction of sp³-hybridized carbons (Fsp3) is 0.360. The van der Waals surface area contributed by atoms with Crippen LogP contribution in [0.4, 0.5) is 5.69 Å². The number of fused-ring (bicyclic) bond motifs is 1. The van der Waals surface area contributed by atoms with E-state index in [-0.39, 0.29) is 17.3 Å². The van der Waals surface area contributed by atoms with Gasteiger partial charge >= 0.3 is 0 Å². The number of likely N-dealkylation sites (tertiary alicyclic amines) is 1. The summed E-state index contributed by atoms with van der Waals surface area (Å²) in [6.45, 7) is 5.32. The van der Waals surface area contributed by atoms with Gasteiger partial charge in [0.05, 0.1) is 4.90 Å². The second-order valence-corrected chi connectivity index (χ2v) is 10.7. The highest BCUT2D eigenvalue weighted by Gasteiger charge is 2.26. The van der Waals surface area contributed by atoms with Gasteiger partial charge in [-0.25, -0.2) is 8.42 Å². The van der Waals surface area contributed by atoms with Gasteiger partial charge in [0.2, 0.25) is 11.8 Å². The molecule has 4 rings (SSSR count). The van der Waals surface area contributed by atoms with Crippen LogP contribution in [-0.2, 0) is 26.0 Å². The molecule has 0 bridgehead atoms. The van der Waals surface area contributed by atoms with Gasteiger partial charge in [-0.05, 0) is 56.4 Å². The highest BCUT2D eigenvalue weighted by atomic mass is 32.2. The minimum Gasteiger partial charge on any atom is -0.341 e. The molecule has 0 saturated carbocycles. The fourth-order valence-electron chi connectivity index (χ4n) is 4.29. The summed E-state index contributed by atoms with van der Waals surface area (Å²) < 4.78 is 28.1. The summed E-state index contributed by atoms with van der Waals surface area (Å²) in [5, 5.41) is 3.24. The number of hydrogen-bond donors (Lipinski definition) is 1. The van der Waals surface area contributed by atoms with E-state index in [9.17, 15) is 18.0 Å². The predicted molar refractivity (Wildman–Crippen MR) is 129 cm³/mol.